The Morgan fingerprint density at radius 2 is 0.980 bits per heavy atom. The monoisotopic (exact) mass is 658 g/mol. The highest BCUT2D eigenvalue weighted by Crippen LogP contribution is 2.51. The van der Waals surface area contributed by atoms with Crippen LogP contribution in [0.5, 0.6) is 0 Å². The van der Waals surface area contributed by atoms with Gasteiger partial charge in [0.2, 0.25) is 0 Å². The lowest BCUT2D eigenvalue weighted by atomic mass is 9.63. The molecule has 3 heterocycles. The van der Waals surface area contributed by atoms with Crippen LogP contribution >= 0.6 is 0 Å². The van der Waals surface area contributed by atoms with Crippen molar-refractivity contribution in [2.75, 3.05) is 0 Å². The summed E-state index contributed by atoms with van der Waals surface area (Å²) >= 11 is 0. The van der Waals surface area contributed by atoms with E-state index in [0.29, 0.717) is 0 Å². The van der Waals surface area contributed by atoms with Gasteiger partial charge in [0.05, 0.1) is 22.1 Å². The molecule has 3 nitrogen and oxygen atoms in total. The van der Waals surface area contributed by atoms with Gasteiger partial charge >= 0.3 is 0 Å². The van der Waals surface area contributed by atoms with Gasteiger partial charge in [-0.25, -0.2) is 0 Å². The molecule has 0 fully saturated rings. The molecule has 0 amide bonds. The molecule has 0 unspecified atom stereocenters. The van der Waals surface area contributed by atoms with Crippen molar-refractivity contribution in [3.8, 4) is 11.4 Å². The minimum atomic E-state index is 0.0708. The van der Waals surface area contributed by atoms with Crippen molar-refractivity contribution < 1.29 is 4.42 Å². The van der Waals surface area contributed by atoms with E-state index in [1.165, 1.54) is 78.4 Å². The van der Waals surface area contributed by atoms with Crippen molar-refractivity contribution in [2.45, 2.75) is 51.4 Å². The summed E-state index contributed by atoms with van der Waals surface area (Å²) in [5, 5.41) is 10.1. The Hall–Kier alpha value is -5.80. The third-order valence-electron chi connectivity index (χ3n) is 12.1. The van der Waals surface area contributed by atoms with E-state index in [9.17, 15) is 0 Å². The van der Waals surface area contributed by atoms with Crippen molar-refractivity contribution in [1.82, 2.24) is 9.13 Å². The van der Waals surface area contributed by atoms with Gasteiger partial charge in [-0.05, 0) is 100 Å². The molecule has 11 rings (SSSR count). The maximum absolute atomic E-state index is 6.36. The fourth-order valence-electron chi connectivity index (χ4n) is 9.47. The normalized spacial score (nSPS) is 15.6. The zero-order valence-corrected chi connectivity index (χ0v) is 29.4. The van der Waals surface area contributed by atoms with Gasteiger partial charge in [-0.1, -0.05) is 107 Å². The number of furan rings is 1. The first-order chi connectivity index (χ1) is 24.8. The molecule has 0 bridgehead atoms. The molecule has 10 aromatic rings. The van der Waals surface area contributed by atoms with Gasteiger partial charge in [0, 0.05) is 43.7 Å². The summed E-state index contributed by atoms with van der Waals surface area (Å²) in [5.74, 6) is 0. The summed E-state index contributed by atoms with van der Waals surface area (Å²) in [7, 11) is 0. The van der Waals surface area contributed by atoms with Crippen molar-refractivity contribution in [3.63, 3.8) is 0 Å². The quantitative estimate of drug-likeness (QED) is 0.181. The number of aromatic nitrogens is 2. The fourth-order valence-corrected chi connectivity index (χ4v) is 9.47. The predicted octanol–water partition coefficient (Wildman–Crippen LogP) is 13.3. The number of hydrogen-bond donors (Lipinski definition) is 0. The second kappa shape index (κ2) is 9.92. The Labute approximate surface area is 296 Å². The third kappa shape index (κ3) is 3.84. The van der Waals surface area contributed by atoms with E-state index in [-0.39, 0.29) is 10.8 Å². The summed E-state index contributed by atoms with van der Waals surface area (Å²) < 4.78 is 11.4. The van der Waals surface area contributed by atoms with E-state index in [1.54, 1.807) is 0 Å². The smallest absolute Gasteiger partial charge is 0.135 e. The molecule has 0 N–H and O–H groups in total. The summed E-state index contributed by atoms with van der Waals surface area (Å²) in [6.45, 7) is 9.75. The van der Waals surface area contributed by atoms with Crippen LogP contribution in [0.15, 0.2) is 138 Å². The highest BCUT2D eigenvalue weighted by Gasteiger charge is 2.38. The SMILES string of the molecule is CC1(C)CCC(C)(C)c2cc3c(cc21)c1c2ccccc2c2c4ccccc4n(-c4ccccc4)c2c1n3-c1ccc2oc3ccccc3c2c1. The van der Waals surface area contributed by atoms with Gasteiger partial charge in [-0.3, -0.25) is 0 Å². The molecule has 0 spiro atoms. The zero-order valence-electron chi connectivity index (χ0n) is 29.4. The van der Waals surface area contributed by atoms with E-state index in [1.807, 2.05) is 0 Å². The second-order valence-corrected chi connectivity index (χ2v) is 16.0. The van der Waals surface area contributed by atoms with E-state index < -0.39 is 0 Å². The number of hydrogen-bond acceptors (Lipinski definition) is 1. The molecule has 3 aromatic heterocycles. The van der Waals surface area contributed by atoms with E-state index in [2.05, 4.69) is 170 Å². The van der Waals surface area contributed by atoms with E-state index >= 15 is 0 Å². The van der Waals surface area contributed by atoms with Gasteiger partial charge in [0.15, 0.2) is 0 Å². The largest absolute Gasteiger partial charge is 0.456 e. The topological polar surface area (TPSA) is 23.0 Å². The number of nitrogens with zero attached hydrogens (tertiary/aromatic N) is 2. The first-order valence-corrected chi connectivity index (χ1v) is 18.2. The maximum atomic E-state index is 6.36. The first kappa shape index (κ1) is 29.0. The van der Waals surface area contributed by atoms with Crippen molar-refractivity contribution >= 4 is 76.3 Å². The standard InChI is InChI=1S/C48H38N2O/c1-47(2)24-25-48(3,4)38-28-40-36(27-37(38)47)44-33-18-9-8-17-32(33)43-34-19-10-12-20-39(34)49(29-14-6-5-7-15-29)45(43)46(44)50(40)30-22-23-42-35(26-30)31-16-11-13-21-41(31)51-42/h5-23,26-28H,24-25H2,1-4H3. The Balaban J connectivity index is 1.44. The zero-order chi connectivity index (χ0) is 34.2. The van der Waals surface area contributed by atoms with Crippen LogP contribution < -0.4 is 0 Å². The fraction of sp³-hybridized carbons (Fsp3) is 0.167. The summed E-state index contributed by atoms with van der Waals surface area (Å²) in [6.07, 6.45) is 2.34. The lowest BCUT2D eigenvalue weighted by Gasteiger charge is -2.42. The lowest BCUT2D eigenvalue weighted by molar-refractivity contribution is 0.332. The van der Waals surface area contributed by atoms with Crippen LogP contribution in [0.1, 0.15) is 51.7 Å². The second-order valence-electron chi connectivity index (χ2n) is 16.0. The van der Waals surface area contributed by atoms with Crippen molar-refractivity contribution in [1.29, 1.82) is 0 Å². The molecule has 51 heavy (non-hydrogen) atoms. The molecule has 0 atom stereocenters. The Kier molecular flexibility index (Phi) is 5.64. The maximum Gasteiger partial charge on any atom is 0.135 e. The van der Waals surface area contributed by atoms with Crippen molar-refractivity contribution in [2.24, 2.45) is 0 Å². The highest BCUT2D eigenvalue weighted by atomic mass is 16.3. The predicted molar refractivity (Wildman–Crippen MR) is 215 cm³/mol. The van der Waals surface area contributed by atoms with E-state index in [0.717, 1.165) is 33.3 Å². The van der Waals surface area contributed by atoms with Crippen LogP contribution in [-0.4, -0.2) is 9.13 Å². The summed E-state index contributed by atoms with van der Waals surface area (Å²) in [5.41, 5.74) is 12.2. The number of para-hydroxylation sites is 3. The molecule has 0 radical (unpaired) electrons. The molecule has 0 aliphatic heterocycles. The molecule has 0 saturated carbocycles. The van der Waals surface area contributed by atoms with Gasteiger partial charge in [-0.2, -0.15) is 0 Å². The van der Waals surface area contributed by atoms with Gasteiger partial charge in [0.1, 0.15) is 11.2 Å². The Bertz CT molecular complexity index is 3080. The molecule has 1 aliphatic rings. The lowest BCUT2D eigenvalue weighted by Crippen LogP contribution is -2.33. The molecule has 3 heteroatoms. The number of rotatable bonds is 2. The third-order valence-corrected chi connectivity index (χ3v) is 12.1. The van der Waals surface area contributed by atoms with Crippen LogP contribution in [0, 0.1) is 0 Å². The van der Waals surface area contributed by atoms with E-state index in [4.69, 9.17) is 4.42 Å². The Morgan fingerprint density at radius 1 is 0.431 bits per heavy atom. The first-order valence-electron chi connectivity index (χ1n) is 18.2. The molecule has 246 valence electrons. The minimum Gasteiger partial charge on any atom is -0.456 e. The van der Waals surface area contributed by atoms with Crippen LogP contribution in [0.2, 0.25) is 0 Å². The van der Waals surface area contributed by atoms with Crippen molar-refractivity contribution in [3.05, 3.63) is 145 Å². The summed E-state index contributed by atoms with van der Waals surface area (Å²) in [6, 6.07) is 49.2. The van der Waals surface area contributed by atoms with Gasteiger partial charge in [-0.15, -0.1) is 0 Å². The molecule has 7 aromatic carbocycles. The van der Waals surface area contributed by atoms with Gasteiger partial charge in [0.25, 0.3) is 0 Å². The summed E-state index contributed by atoms with van der Waals surface area (Å²) in [4.78, 5) is 0. The van der Waals surface area contributed by atoms with Gasteiger partial charge < -0.3 is 13.6 Å². The molecule has 1 aliphatic carbocycles. The minimum absolute atomic E-state index is 0.0708. The average molecular weight is 659 g/mol. The van der Waals surface area contributed by atoms with Crippen LogP contribution in [0.4, 0.5) is 0 Å². The number of fused-ring (bicyclic) bond motifs is 14. The molecular weight excluding hydrogens is 621 g/mol. The van der Waals surface area contributed by atoms with Crippen LogP contribution in [0.3, 0.4) is 0 Å². The van der Waals surface area contributed by atoms with Crippen LogP contribution in [-0.2, 0) is 10.8 Å². The van der Waals surface area contributed by atoms with Crippen LogP contribution in [0.25, 0.3) is 87.7 Å². The Morgan fingerprint density at radius 3 is 1.71 bits per heavy atom. The highest BCUT2D eigenvalue weighted by molar-refractivity contribution is 6.36. The number of benzene rings is 7. The average Bonchev–Trinajstić information content (AvgIpc) is 3.81. The molecular formula is C48H38N2O. The molecule has 0 saturated heterocycles.